The highest BCUT2D eigenvalue weighted by atomic mass is 16.5. The van der Waals surface area contributed by atoms with Crippen molar-refractivity contribution >= 4 is 5.78 Å². The van der Waals surface area contributed by atoms with Crippen LogP contribution in [0.4, 0.5) is 0 Å². The average Bonchev–Trinajstić information content (AvgIpc) is 2.63. The molecule has 1 aromatic rings. The van der Waals surface area contributed by atoms with Crippen LogP contribution in [0.15, 0.2) is 22.8 Å². The van der Waals surface area contributed by atoms with Crippen molar-refractivity contribution in [3.05, 3.63) is 24.2 Å². The molecule has 0 N–H and O–H groups in total. The molecule has 76 valence electrons. The summed E-state index contributed by atoms with van der Waals surface area (Å²) >= 11 is 0. The SMILES string of the molecule is C[C@@H]1C(=O)C[C@H](C)O[C@@H]1c1ccco1. The molecule has 3 heteroatoms. The summed E-state index contributed by atoms with van der Waals surface area (Å²) in [7, 11) is 0. The third-order valence-corrected chi connectivity index (χ3v) is 2.65. The van der Waals surface area contributed by atoms with Gasteiger partial charge < -0.3 is 9.15 Å². The van der Waals surface area contributed by atoms with Crippen molar-refractivity contribution in [2.45, 2.75) is 32.5 Å². The summed E-state index contributed by atoms with van der Waals surface area (Å²) < 4.78 is 11.0. The molecule has 3 nitrogen and oxygen atoms in total. The van der Waals surface area contributed by atoms with Crippen LogP contribution >= 0.6 is 0 Å². The van der Waals surface area contributed by atoms with Gasteiger partial charge in [0.05, 0.1) is 12.4 Å². The van der Waals surface area contributed by atoms with Crippen LogP contribution in [-0.2, 0) is 9.53 Å². The number of rotatable bonds is 1. The van der Waals surface area contributed by atoms with Crippen LogP contribution in [0.5, 0.6) is 0 Å². The molecule has 0 aromatic carbocycles. The van der Waals surface area contributed by atoms with Crippen molar-refractivity contribution in [3.63, 3.8) is 0 Å². The molecular weight excluding hydrogens is 180 g/mol. The van der Waals surface area contributed by atoms with E-state index in [2.05, 4.69) is 0 Å². The van der Waals surface area contributed by atoms with Gasteiger partial charge >= 0.3 is 0 Å². The summed E-state index contributed by atoms with van der Waals surface area (Å²) in [6.07, 6.45) is 1.91. The van der Waals surface area contributed by atoms with E-state index in [9.17, 15) is 4.79 Å². The van der Waals surface area contributed by atoms with E-state index in [1.165, 1.54) is 0 Å². The largest absolute Gasteiger partial charge is 0.467 e. The first kappa shape index (κ1) is 9.46. The second-order valence-electron chi connectivity index (χ2n) is 3.84. The van der Waals surface area contributed by atoms with Gasteiger partial charge in [-0.05, 0) is 19.1 Å². The Balaban J connectivity index is 2.21. The standard InChI is InChI=1S/C11H14O3/c1-7-6-9(12)8(2)11(14-7)10-4-3-5-13-10/h3-5,7-8,11H,6H2,1-2H3/t7-,8+,11-/m0/s1. The molecule has 1 aliphatic heterocycles. The fourth-order valence-electron chi connectivity index (χ4n) is 1.82. The van der Waals surface area contributed by atoms with Crippen molar-refractivity contribution in [2.75, 3.05) is 0 Å². The normalized spacial score (nSPS) is 33.3. The first-order valence-electron chi connectivity index (χ1n) is 4.90. The Morgan fingerprint density at radius 2 is 2.21 bits per heavy atom. The third kappa shape index (κ3) is 1.60. The predicted molar refractivity (Wildman–Crippen MR) is 50.8 cm³/mol. The van der Waals surface area contributed by atoms with Crippen LogP contribution < -0.4 is 0 Å². The smallest absolute Gasteiger partial charge is 0.141 e. The van der Waals surface area contributed by atoms with Gasteiger partial charge in [-0.3, -0.25) is 4.79 Å². The molecular formula is C11H14O3. The molecule has 14 heavy (non-hydrogen) atoms. The predicted octanol–water partition coefficient (Wildman–Crippen LogP) is 2.33. The van der Waals surface area contributed by atoms with Crippen LogP contribution in [0.25, 0.3) is 0 Å². The lowest BCUT2D eigenvalue weighted by Crippen LogP contribution is -2.33. The summed E-state index contributed by atoms with van der Waals surface area (Å²) in [6.45, 7) is 3.81. The van der Waals surface area contributed by atoms with Crippen molar-refractivity contribution in [3.8, 4) is 0 Å². The first-order chi connectivity index (χ1) is 6.68. The van der Waals surface area contributed by atoms with Crippen molar-refractivity contribution in [2.24, 2.45) is 5.92 Å². The quantitative estimate of drug-likeness (QED) is 0.688. The van der Waals surface area contributed by atoms with E-state index < -0.39 is 0 Å². The summed E-state index contributed by atoms with van der Waals surface area (Å²) in [4.78, 5) is 11.6. The van der Waals surface area contributed by atoms with Gasteiger partial charge in [-0.1, -0.05) is 6.92 Å². The molecule has 0 amide bonds. The van der Waals surface area contributed by atoms with Gasteiger partial charge in [0.2, 0.25) is 0 Å². The zero-order chi connectivity index (χ0) is 10.1. The monoisotopic (exact) mass is 194 g/mol. The average molecular weight is 194 g/mol. The Kier molecular flexibility index (Phi) is 2.42. The summed E-state index contributed by atoms with van der Waals surface area (Å²) in [5, 5.41) is 0. The van der Waals surface area contributed by atoms with Gasteiger partial charge in [0.25, 0.3) is 0 Å². The maximum absolute atomic E-state index is 11.6. The van der Waals surface area contributed by atoms with Crippen LogP contribution in [0, 0.1) is 5.92 Å². The molecule has 0 radical (unpaired) electrons. The molecule has 0 spiro atoms. The van der Waals surface area contributed by atoms with Crippen molar-refractivity contribution < 1.29 is 13.9 Å². The minimum atomic E-state index is -0.207. The molecule has 1 aliphatic rings. The van der Waals surface area contributed by atoms with Gasteiger partial charge in [0, 0.05) is 12.3 Å². The molecule has 2 rings (SSSR count). The first-order valence-corrected chi connectivity index (χ1v) is 4.90. The molecule has 0 bridgehead atoms. The van der Waals surface area contributed by atoms with Crippen molar-refractivity contribution in [1.82, 2.24) is 0 Å². The molecule has 1 fully saturated rings. The number of furan rings is 1. The van der Waals surface area contributed by atoms with E-state index in [-0.39, 0.29) is 23.9 Å². The Morgan fingerprint density at radius 1 is 1.43 bits per heavy atom. The lowest BCUT2D eigenvalue weighted by atomic mass is 9.91. The van der Waals surface area contributed by atoms with E-state index >= 15 is 0 Å². The van der Waals surface area contributed by atoms with Crippen LogP contribution in [-0.4, -0.2) is 11.9 Å². The molecule has 0 saturated carbocycles. The molecule has 1 aromatic heterocycles. The van der Waals surface area contributed by atoms with E-state index in [0.29, 0.717) is 6.42 Å². The van der Waals surface area contributed by atoms with E-state index in [4.69, 9.17) is 9.15 Å². The van der Waals surface area contributed by atoms with Crippen LogP contribution in [0.3, 0.4) is 0 Å². The molecule has 3 atom stereocenters. The lowest BCUT2D eigenvalue weighted by Gasteiger charge is -2.30. The fraction of sp³-hybridized carbons (Fsp3) is 0.545. The number of hydrogen-bond donors (Lipinski definition) is 0. The highest BCUT2D eigenvalue weighted by molar-refractivity contribution is 5.82. The number of Topliss-reactive ketones (excluding diaryl/α,β-unsaturated/α-hetero) is 1. The van der Waals surface area contributed by atoms with Gasteiger partial charge in [0.15, 0.2) is 0 Å². The van der Waals surface area contributed by atoms with Crippen LogP contribution in [0.2, 0.25) is 0 Å². The summed E-state index contributed by atoms with van der Waals surface area (Å²) in [5.41, 5.74) is 0. The highest BCUT2D eigenvalue weighted by Gasteiger charge is 2.35. The molecule has 0 aliphatic carbocycles. The summed E-state index contributed by atoms with van der Waals surface area (Å²) in [6, 6.07) is 3.67. The maximum Gasteiger partial charge on any atom is 0.141 e. The lowest BCUT2D eigenvalue weighted by molar-refractivity contribution is -0.145. The van der Waals surface area contributed by atoms with Crippen LogP contribution in [0.1, 0.15) is 32.1 Å². The maximum atomic E-state index is 11.6. The van der Waals surface area contributed by atoms with E-state index in [1.807, 2.05) is 26.0 Å². The number of ether oxygens (including phenoxy) is 1. The Bertz CT molecular complexity index is 315. The third-order valence-electron chi connectivity index (χ3n) is 2.65. The van der Waals surface area contributed by atoms with Gasteiger partial charge in [-0.25, -0.2) is 0 Å². The zero-order valence-electron chi connectivity index (χ0n) is 8.40. The Hall–Kier alpha value is -1.09. The minimum absolute atomic E-state index is 0.00574. The molecule has 0 unspecified atom stereocenters. The second-order valence-corrected chi connectivity index (χ2v) is 3.84. The number of hydrogen-bond acceptors (Lipinski definition) is 3. The second kappa shape index (κ2) is 3.58. The topological polar surface area (TPSA) is 39.4 Å². The van der Waals surface area contributed by atoms with Gasteiger partial charge in [0.1, 0.15) is 17.6 Å². The number of carbonyl (C=O) groups excluding carboxylic acids is 1. The van der Waals surface area contributed by atoms with E-state index in [1.54, 1.807) is 6.26 Å². The van der Waals surface area contributed by atoms with Crippen molar-refractivity contribution in [1.29, 1.82) is 0 Å². The fourth-order valence-corrected chi connectivity index (χ4v) is 1.82. The van der Waals surface area contributed by atoms with E-state index in [0.717, 1.165) is 5.76 Å². The number of carbonyl (C=O) groups is 1. The molecule has 1 saturated heterocycles. The van der Waals surface area contributed by atoms with Gasteiger partial charge in [-0.2, -0.15) is 0 Å². The summed E-state index contributed by atoms with van der Waals surface area (Å²) in [5.74, 6) is 0.903. The zero-order valence-corrected chi connectivity index (χ0v) is 8.40. The molecule has 2 heterocycles. The van der Waals surface area contributed by atoms with Gasteiger partial charge in [-0.15, -0.1) is 0 Å². The Morgan fingerprint density at radius 3 is 2.86 bits per heavy atom. The number of ketones is 1. The minimum Gasteiger partial charge on any atom is -0.467 e. The Labute approximate surface area is 83.0 Å². The highest BCUT2D eigenvalue weighted by Crippen LogP contribution is 2.33.